The zero-order valence-corrected chi connectivity index (χ0v) is 37.3. The van der Waals surface area contributed by atoms with Gasteiger partial charge in [-0.2, -0.15) is 0 Å². The third kappa shape index (κ3) is 6.65. The smallest absolute Gasteiger partial charge is 0.0561 e. The maximum atomic E-state index is 2.41. The lowest BCUT2D eigenvalue weighted by molar-refractivity contribution is 1.18. The van der Waals surface area contributed by atoms with Crippen molar-refractivity contribution in [2.75, 3.05) is 4.90 Å². The van der Waals surface area contributed by atoms with E-state index >= 15 is 0 Å². The molecule has 0 N–H and O–H groups in total. The topological polar surface area (TPSA) is 8.17 Å². The Morgan fingerprint density at radius 3 is 1.44 bits per heavy atom. The number of fused-ring (bicyclic) bond motifs is 7. The molecule has 12 aromatic carbocycles. The average Bonchev–Trinajstić information content (AvgIpc) is 3.75. The van der Waals surface area contributed by atoms with Crippen LogP contribution in [0.2, 0.25) is 0 Å². The van der Waals surface area contributed by atoms with Crippen LogP contribution < -0.4 is 4.90 Å². The summed E-state index contributed by atoms with van der Waals surface area (Å²) in [6, 6.07) is 97.5. The Morgan fingerprint density at radius 2 is 0.735 bits per heavy atom. The predicted octanol–water partition coefficient (Wildman–Crippen LogP) is 18.4. The maximum absolute atomic E-state index is 2.41. The zero-order chi connectivity index (χ0) is 45.0. The van der Waals surface area contributed by atoms with Crippen molar-refractivity contribution in [1.29, 1.82) is 0 Å². The van der Waals surface area contributed by atoms with E-state index in [-0.39, 0.29) is 0 Å². The second-order valence-electron chi connectivity index (χ2n) is 17.6. The van der Waals surface area contributed by atoms with Crippen molar-refractivity contribution >= 4 is 71.2 Å². The second kappa shape index (κ2) is 16.5. The van der Waals surface area contributed by atoms with Crippen molar-refractivity contribution in [2.24, 2.45) is 0 Å². The van der Waals surface area contributed by atoms with E-state index in [0.717, 1.165) is 33.8 Å². The molecule has 13 aromatic rings. The van der Waals surface area contributed by atoms with E-state index in [2.05, 4.69) is 276 Å². The molecule has 0 aliphatic heterocycles. The Labute approximate surface area is 395 Å². The first kappa shape index (κ1) is 39.4. The van der Waals surface area contributed by atoms with Gasteiger partial charge in [0.05, 0.1) is 11.0 Å². The number of aromatic nitrogens is 1. The van der Waals surface area contributed by atoms with Gasteiger partial charge < -0.3 is 9.47 Å². The second-order valence-corrected chi connectivity index (χ2v) is 17.6. The standard InChI is InChI=1S/C66H44N2/c1-4-18-48(19-5-1)65-61-28-13-12-26-57(61)58-41-35-50(43-62(58)66(65)49-20-6-2-7-21-49)45-31-36-52(37-32-45)67(53-38-33-47(34-39-53)56-29-16-22-46-17-10-11-25-55(46)56)54-40-42-60-59-27-14-15-30-63(59)68(64(60)44-54)51-23-8-3-9-24-51/h1-44H. The van der Waals surface area contributed by atoms with Crippen molar-refractivity contribution in [3.05, 3.63) is 267 Å². The zero-order valence-electron chi connectivity index (χ0n) is 37.3. The molecule has 0 atom stereocenters. The fourth-order valence-electron chi connectivity index (χ4n) is 10.7. The van der Waals surface area contributed by atoms with Crippen LogP contribution in [0.3, 0.4) is 0 Å². The molecule has 0 fully saturated rings. The van der Waals surface area contributed by atoms with Crippen molar-refractivity contribution in [3.63, 3.8) is 0 Å². The van der Waals surface area contributed by atoms with E-state index in [0.29, 0.717) is 0 Å². The first-order valence-electron chi connectivity index (χ1n) is 23.4. The molecule has 1 aromatic heterocycles. The van der Waals surface area contributed by atoms with Gasteiger partial charge in [-0.1, -0.05) is 206 Å². The van der Waals surface area contributed by atoms with Gasteiger partial charge in [0.15, 0.2) is 0 Å². The van der Waals surface area contributed by atoms with Crippen LogP contribution in [0.15, 0.2) is 267 Å². The van der Waals surface area contributed by atoms with Crippen LogP contribution in [0.1, 0.15) is 0 Å². The highest BCUT2D eigenvalue weighted by molar-refractivity contribution is 6.22. The van der Waals surface area contributed by atoms with Gasteiger partial charge in [0.25, 0.3) is 0 Å². The van der Waals surface area contributed by atoms with E-state index in [1.54, 1.807) is 0 Å². The number of hydrogen-bond donors (Lipinski definition) is 0. The molecule has 0 aliphatic carbocycles. The minimum Gasteiger partial charge on any atom is -0.310 e. The largest absolute Gasteiger partial charge is 0.310 e. The Bertz CT molecular complexity index is 3980. The molecule has 0 unspecified atom stereocenters. The molecule has 2 heteroatoms. The van der Waals surface area contributed by atoms with Gasteiger partial charge in [0, 0.05) is 33.5 Å². The van der Waals surface area contributed by atoms with Crippen molar-refractivity contribution in [3.8, 4) is 50.2 Å². The summed E-state index contributed by atoms with van der Waals surface area (Å²) in [4.78, 5) is 2.40. The SMILES string of the molecule is c1ccc(-c2c(-c3ccccc3)c3cc(-c4ccc(N(c5ccc(-c6cccc7ccccc67)cc5)c5ccc6c7ccccc7n(-c7ccccc7)c6c5)cc4)ccc3c3ccccc23)cc1. The first-order valence-corrected chi connectivity index (χ1v) is 23.4. The van der Waals surface area contributed by atoms with Crippen LogP contribution in [0.25, 0.3) is 104 Å². The van der Waals surface area contributed by atoms with E-state index in [9.17, 15) is 0 Å². The molecule has 0 aliphatic rings. The summed E-state index contributed by atoms with van der Waals surface area (Å²) in [5, 5.41) is 9.97. The Balaban J connectivity index is 0.974. The minimum absolute atomic E-state index is 1.08. The van der Waals surface area contributed by atoms with Crippen LogP contribution in [0, 0.1) is 0 Å². The molecular formula is C66H44N2. The highest BCUT2D eigenvalue weighted by atomic mass is 15.1. The normalized spacial score (nSPS) is 11.5. The molecule has 68 heavy (non-hydrogen) atoms. The summed E-state index contributed by atoms with van der Waals surface area (Å²) in [6.07, 6.45) is 0. The molecule has 2 nitrogen and oxygen atoms in total. The molecule has 1 heterocycles. The Kier molecular flexibility index (Phi) is 9.54. The number of anilines is 3. The third-order valence-electron chi connectivity index (χ3n) is 13.8. The van der Waals surface area contributed by atoms with Crippen LogP contribution in [-0.4, -0.2) is 4.57 Å². The maximum Gasteiger partial charge on any atom is 0.0561 e. The summed E-state index contributed by atoms with van der Waals surface area (Å²) in [5.74, 6) is 0. The van der Waals surface area contributed by atoms with Gasteiger partial charge >= 0.3 is 0 Å². The van der Waals surface area contributed by atoms with Crippen LogP contribution in [-0.2, 0) is 0 Å². The minimum atomic E-state index is 1.08. The summed E-state index contributed by atoms with van der Waals surface area (Å²) < 4.78 is 2.40. The lowest BCUT2D eigenvalue weighted by Gasteiger charge is -2.26. The lowest BCUT2D eigenvalue weighted by Crippen LogP contribution is -2.10. The molecular weight excluding hydrogens is 821 g/mol. The molecule has 0 spiro atoms. The monoisotopic (exact) mass is 864 g/mol. The molecule has 0 saturated heterocycles. The number of rotatable bonds is 8. The van der Waals surface area contributed by atoms with Gasteiger partial charge in [-0.15, -0.1) is 0 Å². The van der Waals surface area contributed by atoms with Crippen LogP contribution >= 0.6 is 0 Å². The van der Waals surface area contributed by atoms with Gasteiger partial charge in [0.2, 0.25) is 0 Å². The third-order valence-corrected chi connectivity index (χ3v) is 13.8. The van der Waals surface area contributed by atoms with E-state index in [4.69, 9.17) is 0 Å². The summed E-state index contributed by atoms with van der Waals surface area (Å²) in [6.45, 7) is 0. The predicted molar refractivity (Wildman–Crippen MR) is 290 cm³/mol. The Morgan fingerprint density at radius 1 is 0.250 bits per heavy atom. The molecule has 0 radical (unpaired) electrons. The van der Waals surface area contributed by atoms with Gasteiger partial charge in [0.1, 0.15) is 0 Å². The molecule has 0 saturated carbocycles. The number of hydrogen-bond acceptors (Lipinski definition) is 1. The molecule has 0 amide bonds. The highest BCUT2D eigenvalue weighted by Gasteiger charge is 2.21. The summed E-state index contributed by atoms with van der Waals surface area (Å²) in [5.41, 5.74) is 16.4. The van der Waals surface area contributed by atoms with E-state index in [1.165, 1.54) is 87.6 Å². The summed E-state index contributed by atoms with van der Waals surface area (Å²) in [7, 11) is 0. The molecule has 13 rings (SSSR count). The van der Waals surface area contributed by atoms with E-state index in [1.807, 2.05) is 0 Å². The molecule has 318 valence electrons. The fraction of sp³-hybridized carbons (Fsp3) is 0. The van der Waals surface area contributed by atoms with Crippen LogP contribution in [0.5, 0.6) is 0 Å². The van der Waals surface area contributed by atoms with Gasteiger partial charge in [-0.3, -0.25) is 0 Å². The van der Waals surface area contributed by atoms with E-state index < -0.39 is 0 Å². The summed E-state index contributed by atoms with van der Waals surface area (Å²) >= 11 is 0. The first-order chi connectivity index (χ1) is 33.7. The van der Waals surface area contributed by atoms with Crippen molar-refractivity contribution in [1.82, 2.24) is 4.57 Å². The van der Waals surface area contributed by atoms with Crippen LogP contribution in [0.4, 0.5) is 17.1 Å². The lowest BCUT2D eigenvalue weighted by atomic mass is 9.84. The van der Waals surface area contributed by atoms with Gasteiger partial charge in [-0.25, -0.2) is 0 Å². The highest BCUT2D eigenvalue weighted by Crippen LogP contribution is 2.46. The fourth-order valence-corrected chi connectivity index (χ4v) is 10.7. The van der Waals surface area contributed by atoms with Crippen molar-refractivity contribution < 1.29 is 0 Å². The Hall–Kier alpha value is -8.98. The average molecular weight is 865 g/mol. The van der Waals surface area contributed by atoms with Crippen molar-refractivity contribution in [2.45, 2.75) is 0 Å². The number of nitrogens with zero attached hydrogens (tertiary/aromatic N) is 2. The quantitative estimate of drug-likeness (QED) is 0.138. The number of para-hydroxylation sites is 2. The van der Waals surface area contributed by atoms with Gasteiger partial charge in [-0.05, 0) is 137 Å². The number of benzene rings is 12. The molecule has 0 bridgehead atoms.